The molecule has 0 heterocycles. The molecule has 2 aliphatic rings. The molecule has 0 N–H and O–H groups in total. The Morgan fingerprint density at radius 1 is 1.50 bits per heavy atom. The third-order valence-corrected chi connectivity index (χ3v) is 4.28. The van der Waals surface area contributed by atoms with Crippen LogP contribution in [0.15, 0.2) is 0 Å². The third kappa shape index (κ3) is 1.19. The minimum atomic E-state index is -0.203. The number of hydrogen-bond donors (Lipinski definition) is 0. The number of hydrogen-bond acceptors (Lipinski definition) is 2. The summed E-state index contributed by atoms with van der Waals surface area (Å²) in [6.45, 7) is 4.21. The first-order chi connectivity index (χ1) is 6.59. The Labute approximate surface area is 85.3 Å². The Morgan fingerprint density at radius 2 is 2.21 bits per heavy atom. The zero-order valence-electron chi connectivity index (χ0n) is 8.92. The maximum absolute atomic E-state index is 11.6. The van der Waals surface area contributed by atoms with E-state index in [1.165, 1.54) is 0 Å². The number of nitriles is 1. The van der Waals surface area contributed by atoms with Crippen LogP contribution < -0.4 is 0 Å². The second kappa shape index (κ2) is 3.08. The summed E-state index contributed by atoms with van der Waals surface area (Å²) in [5, 5.41) is 9.27. The summed E-state index contributed by atoms with van der Waals surface area (Å²) >= 11 is 0. The highest BCUT2D eigenvalue weighted by atomic mass is 16.1. The number of Topliss-reactive ketones (excluding diaryl/α,β-unsaturated/α-hetero) is 1. The summed E-state index contributed by atoms with van der Waals surface area (Å²) in [6, 6.07) is 2.47. The lowest BCUT2D eigenvalue weighted by atomic mass is 9.75. The van der Waals surface area contributed by atoms with Gasteiger partial charge >= 0.3 is 0 Å². The predicted octanol–water partition coefficient (Wildman–Crippen LogP) is 2.54. The van der Waals surface area contributed by atoms with Crippen LogP contribution in [0, 0.1) is 34.5 Å². The molecule has 0 aliphatic heterocycles. The van der Waals surface area contributed by atoms with E-state index in [0.717, 1.165) is 25.7 Å². The molecule has 0 radical (unpaired) electrons. The van der Waals surface area contributed by atoms with Crippen molar-refractivity contribution in [1.82, 2.24) is 0 Å². The molecule has 3 unspecified atom stereocenters. The highest BCUT2D eigenvalue weighted by molar-refractivity contribution is 5.84. The average Bonchev–Trinajstić information content (AvgIpc) is 2.66. The Balaban J connectivity index is 2.22. The van der Waals surface area contributed by atoms with E-state index >= 15 is 0 Å². The molecule has 2 rings (SSSR count). The van der Waals surface area contributed by atoms with Crippen molar-refractivity contribution in [2.75, 3.05) is 0 Å². The highest BCUT2D eigenvalue weighted by Crippen LogP contribution is 2.54. The van der Waals surface area contributed by atoms with E-state index in [1.807, 2.05) is 0 Å². The summed E-state index contributed by atoms with van der Waals surface area (Å²) in [5.74, 6) is 1.53. The highest BCUT2D eigenvalue weighted by Gasteiger charge is 2.52. The number of carbonyl (C=O) groups excluding carboxylic acids is 1. The lowest BCUT2D eigenvalue weighted by molar-refractivity contribution is -0.121. The van der Waals surface area contributed by atoms with Crippen LogP contribution in [0.2, 0.25) is 0 Å². The van der Waals surface area contributed by atoms with Gasteiger partial charge in [0, 0.05) is 12.3 Å². The number of nitrogens with zero attached hydrogens (tertiary/aromatic N) is 1. The Bertz CT molecular complexity index is 302. The summed E-state index contributed by atoms with van der Waals surface area (Å²) in [7, 11) is 0. The van der Waals surface area contributed by atoms with Crippen LogP contribution in [0.25, 0.3) is 0 Å². The van der Waals surface area contributed by atoms with E-state index in [1.54, 1.807) is 0 Å². The average molecular weight is 191 g/mol. The van der Waals surface area contributed by atoms with E-state index in [0.29, 0.717) is 17.6 Å². The van der Waals surface area contributed by atoms with Gasteiger partial charge in [0.15, 0.2) is 0 Å². The monoisotopic (exact) mass is 191 g/mol. The van der Waals surface area contributed by atoms with Gasteiger partial charge in [-0.1, -0.05) is 13.8 Å². The molecule has 0 aromatic rings. The van der Waals surface area contributed by atoms with Gasteiger partial charge in [0.05, 0.1) is 11.5 Å². The largest absolute Gasteiger partial charge is 0.299 e. The summed E-state index contributed by atoms with van der Waals surface area (Å²) in [6.07, 6.45) is 3.57. The number of fused-ring (bicyclic) bond motifs is 1. The minimum absolute atomic E-state index is 0.203. The maximum Gasteiger partial charge on any atom is 0.136 e. The van der Waals surface area contributed by atoms with Crippen LogP contribution >= 0.6 is 0 Å². The van der Waals surface area contributed by atoms with Gasteiger partial charge in [-0.2, -0.15) is 5.26 Å². The van der Waals surface area contributed by atoms with Crippen molar-refractivity contribution in [3.05, 3.63) is 0 Å². The molecule has 0 amide bonds. The van der Waals surface area contributed by atoms with Crippen molar-refractivity contribution < 1.29 is 4.79 Å². The molecule has 3 atom stereocenters. The van der Waals surface area contributed by atoms with Crippen molar-refractivity contribution >= 4 is 5.78 Å². The minimum Gasteiger partial charge on any atom is -0.299 e. The van der Waals surface area contributed by atoms with E-state index in [4.69, 9.17) is 0 Å². The first kappa shape index (κ1) is 9.71. The zero-order valence-corrected chi connectivity index (χ0v) is 8.92. The van der Waals surface area contributed by atoms with Crippen molar-refractivity contribution in [3.8, 4) is 6.07 Å². The Hall–Kier alpha value is -0.840. The van der Waals surface area contributed by atoms with Crippen molar-refractivity contribution in [3.63, 3.8) is 0 Å². The van der Waals surface area contributed by atoms with Gasteiger partial charge in [-0.25, -0.2) is 0 Å². The molecule has 2 heteroatoms. The SMILES string of the molecule is CC(C)C1(C#N)CC2CCC(=O)C2C1. The second-order valence-corrected chi connectivity index (χ2v) is 5.20. The molecule has 0 aromatic heterocycles. The fourth-order valence-corrected chi connectivity index (χ4v) is 3.14. The van der Waals surface area contributed by atoms with E-state index in [2.05, 4.69) is 19.9 Å². The van der Waals surface area contributed by atoms with Gasteiger partial charge in [-0.3, -0.25) is 4.79 Å². The second-order valence-electron chi connectivity index (χ2n) is 5.20. The third-order valence-electron chi connectivity index (χ3n) is 4.28. The summed E-state index contributed by atoms with van der Waals surface area (Å²) in [4.78, 5) is 11.6. The Kier molecular flexibility index (Phi) is 2.14. The van der Waals surface area contributed by atoms with Crippen molar-refractivity contribution in [2.24, 2.45) is 23.2 Å². The van der Waals surface area contributed by atoms with Gasteiger partial charge in [0.1, 0.15) is 5.78 Å². The Morgan fingerprint density at radius 3 is 2.71 bits per heavy atom. The van der Waals surface area contributed by atoms with E-state index in [9.17, 15) is 10.1 Å². The van der Waals surface area contributed by atoms with Gasteiger partial charge in [-0.15, -0.1) is 0 Å². The van der Waals surface area contributed by atoms with Gasteiger partial charge in [-0.05, 0) is 31.1 Å². The van der Waals surface area contributed by atoms with Crippen LogP contribution in [0.4, 0.5) is 0 Å². The fraction of sp³-hybridized carbons (Fsp3) is 0.833. The van der Waals surface area contributed by atoms with Crippen LogP contribution in [0.5, 0.6) is 0 Å². The molecular formula is C12H17NO. The molecule has 2 nitrogen and oxygen atoms in total. The fourth-order valence-electron chi connectivity index (χ4n) is 3.14. The number of rotatable bonds is 1. The maximum atomic E-state index is 11.6. The molecular weight excluding hydrogens is 174 g/mol. The van der Waals surface area contributed by atoms with Crippen LogP contribution in [0.1, 0.15) is 39.5 Å². The smallest absolute Gasteiger partial charge is 0.136 e. The van der Waals surface area contributed by atoms with Gasteiger partial charge in [0.2, 0.25) is 0 Å². The lowest BCUT2D eigenvalue weighted by Crippen LogP contribution is -2.23. The summed E-state index contributed by atoms with van der Waals surface area (Å²) < 4.78 is 0. The van der Waals surface area contributed by atoms with Gasteiger partial charge < -0.3 is 0 Å². The molecule has 14 heavy (non-hydrogen) atoms. The van der Waals surface area contributed by atoms with E-state index < -0.39 is 0 Å². The molecule has 0 aromatic carbocycles. The zero-order chi connectivity index (χ0) is 10.3. The normalized spacial score (nSPS) is 41.4. The predicted molar refractivity (Wildman–Crippen MR) is 53.3 cm³/mol. The molecule has 0 spiro atoms. The number of carbonyl (C=O) groups is 1. The summed E-state index contributed by atoms with van der Waals surface area (Å²) in [5.41, 5.74) is -0.203. The van der Waals surface area contributed by atoms with Crippen molar-refractivity contribution in [2.45, 2.75) is 39.5 Å². The lowest BCUT2D eigenvalue weighted by Gasteiger charge is -2.26. The van der Waals surface area contributed by atoms with Crippen LogP contribution in [-0.2, 0) is 4.79 Å². The van der Waals surface area contributed by atoms with Gasteiger partial charge in [0.25, 0.3) is 0 Å². The molecule has 2 fully saturated rings. The van der Waals surface area contributed by atoms with Crippen molar-refractivity contribution in [1.29, 1.82) is 5.26 Å². The molecule has 0 bridgehead atoms. The first-order valence-electron chi connectivity index (χ1n) is 5.53. The van der Waals surface area contributed by atoms with Crippen LogP contribution in [0.3, 0.4) is 0 Å². The quantitative estimate of drug-likeness (QED) is 0.639. The number of ketones is 1. The standard InChI is InChI=1S/C12H17NO/c1-8(2)12(7-13)5-9-3-4-11(14)10(9)6-12/h8-10H,3-6H2,1-2H3. The molecule has 2 aliphatic carbocycles. The van der Waals surface area contributed by atoms with Crippen LogP contribution in [-0.4, -0.2) is 5.78 Å². The molecule has 0 saturated heterocycles. The van der Waals surface area contributed by atoms with E-state index in [-0.39, 0.29) is 11.3 Å². The topological polar surface area (TPSA) is 40.9 Å². The molecule has 2 saturated carbocycles. The first-order valence-corrected chi connectivity index (χ1v) is 5.53. The molecule has 76 valence electrons.